The molecule has 0 saturated carbocycles. The molecule has 0 spiro atoms. The molecule has 0 aromatic rings. The highest BCUT2D eigenvalue weighted by atomic mass is 32.8. The van der Waals surface area contributed by atoms with Crippen molar-refractivity contribution in [2.75, 3.05) is 6.01 Å². The molecule has 0 heterocycles. The third-order valence-corrected chi connectivity index (χ3v) is 0.681. The molecule has 6 heavy (non-hydrogen) atoms. The summed E-state index contributed by atoms with van der Waals surface area (Å²) in [5, 5.41) is 0. The number of alkyl halides is 1. The molecule has 0 aromatic carbocycles. The van der Waals surface area contributed by atoms with Crippen molar-refractivity contribution in [1.82, 2.24) is 0 Å². The van der Waals surface area contributed by atoms with E-state index in [9.17, 15) is 8.60 Å². The number of hydrogen-bond donors (Lipinski definition) is 1. The van der Waals surface area contributed by atoms with E-state index in [2.05, 4.69) is 11.2 Å². The van der Waals surface area contributed by atoms with Gasteiger partial charge in [0.05, 0.1) is 0 Å². The summed E-state index contributed by atoms with van der Waals surface area (Å²) in [6.45, 7) is 0. The molecule has 5 heteroatoms. The Kier molecular flexibility index (Phi) is 1.89. The van der Waals surface area contributed by atoms with Gasteiger partial charge in [-0.15, -0.1) is 0 Å². The van der Waals surface area contributed by atoms with Crippen LogP contribution in [-0.2, 0) is 20.0 Å². The van der Waals surface area contributed by atoms with Gasteiger partial charge < -0.3 is 4.55 Å². The summed E-state index contributed by atoms with van der Waals surface area (Å²) in [5.74, 6) is 0. The Labute approximate surface area is 39.9 Å². The first-order chi connectivity index (χ1) is 2.56. The average molecular weight is 130 g/mol. The van der Waals surface area contributed by atoms with Gasteiger partial charge in [-0.25, -0.2) is 8.60 Å². The molecule has 0 aliphatic carbocycles. The second kappa shape index (κ2) is 1.81. The summed E-state index contributed by atoms with van der Waals surface area (Å²) < 4.78 is 28.2. The SMILES string of the molecule is O=S(O)(=S)CF. The fourth-order valence-corrected chi connectivity index (χ4v) is 0. The van der Waals surface area contributed by atoms with Gasteiger partial charge in [-0.3, -0.25) is 0 Å². The van der Waals surface area contributed by atoms with Crippen molar-refractivity contribution in [2.45, 2.75) is 0 Å². The van der Waals surface area contributed by atoms with Crippen molar-refractivity contribution in [3.05, 3.63) is 0 Å². The number of hydrogen-bond acceptors (Lipinski definition) is 2. The summed E-state index contributed by atoms with van der Waals surface area (Å²) in [7, 11) is -3.50. The van der Waals surface area contributed by atoms with Crippen molar-refractivity contribution in [1.29, 1.82) is 0 Å². The maximum absolute atomic E-state index is 10.9. The lowest BCUT2D eigenvalue weighted by Crippen LogP contribution is -1.94. The van der Waals surface area contributed by atoms with Gasteiger partial charge in [-0.05, 0) is 0 Å². The molecule has 0 amide bonds. The predicted molar refractivity (Wildman–Crippen MR) is 24.1 cm³/mol. The highest BCUT2D eigenvalue weighted by molar-refractivity contribution is 8.29. The zero-order valence-electron chi connectivity index (χ0n) is 2.76. The molecule has 1 N–H and O–H groups in total. The molecular formula is CH3FO2S2. The fraction of sp³-hybridized carbons (Fsp3) is 1.00. The molecule has 0 aliphatic heterocycles. The summed E-state index contributed by atoms with van der Waals surface area (Å²) in [5.41, 5.74) is 0. The zero-order valence-corrected chi connectivity index (χ0v) is 4.39. The number of halogens is 1. The van der Waals surface area contributed by atoms with Crippen LogP contribution in [0.15, 0.2) is 0 Å². The molecule has 0 fully saturated rings. The molecular weight excluding hydrogens is 127 g/mol. The van der Waals surface area contributed by atoms with E-state index in [-0.39, 0.29) is 0 Å². The molecule has 0 aliphatic rings. The minimum Gasteiger partial charge on any atom is -0.304 e. The lowest BCUT2D eigenvalue weighted by atomic mass is 11.8. The van der Waals surface area contributed by atoms with Crippen LogP contribution in [0.3, 0.4) is 0 Å². The van der Waals surface area contributed by atoms with Crippen LogP contribution in [0.25, 0.3) is 0 Å². The number of rotatable bonds is 1. The molecule has 0 rings (SSSR count). The highest BCUT2D eigenvalue weighted by Gasteiger charge is 1.92. The molecule has 2 nitrogen and oxygen atoms in total. The Balaban J connectivity index is 3.85. The Morgan fingerprint density at radius 3 is 2.17 bits per heavy atom. The Hall–Kier alpha value is 0.260. The monoisotopic (exact) mass is 130 g/mol. The molecule has 1 unspecified atom stereocenters. The largest absolute Gasteiger partial charge is 0.304 e. The van der Waals surface area contributed by atoms with Gasteiger partial charge in [0.1, 0.15) is 0 Å². The van der Waals surface area contributed by atoms with Crippen LogP contribution in [-0.4, -0.2) is 14.8 Å². The summed E-state index contributed by atoms with van der Waals surface area (Å²) in [4.78, 5) is 0. The molecule has 1 atom stereocenters. The smallest absolute Gasteiger partial charge is 0.190 e. The first kappa shape index (κ1) is 6.26. The third kappa shape index (κ3) is 4.26. The van der Waals surface area contributed by atoms with Gasteiger partial charge in [-0.2, -0.15) is 0 Å². The topological polar surface area (TPSA) is 37.3 Å². The quantitative estimate of drug-likeness (QED) is 0.548. The van der Waals surface area contributed by atoms with Crippen LogP contribution >= 0.6 is 0 Å². The summed E-state index contributed by atoms with van der Waals surface area (Å²) >= 11 is 3.69. The summed E-state index contributed by atoms with van der Waals surface area (Å²) in [6, 6.07) is -1.33. The first-order valence-electron chi connectivity index (χ1n) is 1.07. The van der Waals surface area contributed by atoms with E-state index in [0.717, 1.165) is 0 Å². The van der Waals surface area contributed by atoms with Crippen LogP contribution in [0.2, 0.25) is 0 Å². The third-order valence-electron chi connectivity index (χ3n) is 0.138. The van der Waals surface area contributed by atoms with E-state index in [4.69, 9.17) is 4.55 Å². The van der Waals surface area contributed by atoms with Crippen molar-refractivity contribution in [3.8, 4) is 0 Å². The average Bonchev–Trinajstić information content (AvgIpc) is 1.35. The van der Waals surface area contributed by atoms with E-state index in [1.54, 1.807) is 0 Å². The maximum Gasteiger partial charge on any atom is 0.190 e. The standard InChI is InChI=1S/CH3FO2S2/c2-1-6(3,4)5/h1H2,(H,3,4,5). The minimum atomic E-state index is -3.50. The van der Waals surface area contributed by atoms with Crippen LogP contribution < -0.4 is 0 Å². The van der Waals surface area contributed by atoms with Gasteiger partial charge in [0.25, 0.3) is 0 Å². The lowest BCUT2D eigenvalue weighted by molar-refractivity contribution is 0.509. The molecule has 0 aromatic heterocycles. The van der Waals surface area contributed by atoms with Gasteiger partial charge in [0.2, 0.25) is 0 Å². The zero-order chi connectivity index (χ0) is 5.21. The lowest BCUT2D eigenvalue weighted by Gasteiger charge is -1.81. The molecule has 0 radical (unpaired) electrons. The predicted octanol–water partition coefficient (Wildman–Crippen LogP) is 0.133. The first-order valence-corrected chi connectivity index (χ1v) is 3.68. The van der Waals surface area contributed by atoms with E-state index in [1.807, 2.05) is 0 Å². The van der Waals surface area contributed by atoms with Crippen LogP contribution in [0, 0.1) is 0 Å². The van der Waals surface area contributed by atoms with Crippen molar-refractivity contribution < 1.29 is 13.2 Å². The van der Waals surface area contributed by atoms with Crippen LogP contribution in [0.1, 0.15) is 0 Å². The fourth-order valence-electron chi connectivity index (χ4n) is 0. The second-order valence-corrected chi connectivity index (χ2v) is 3.64. The van der Waals surface area contributed by atoms with Gasteiger partial charge >= 0.3 is 0 Å². The Bertz CT molecular complexity index is 114. The normalized spacial score (nSPS) is 19.7. The second-order valence-electron chi connectivity index (χ2n) is 0.691. The molecule has 38 valence electrons. The van der Waals surface area contributed by atoms with E-state index in [1.165, 1.54) is 0 Å². The summed E-state index contributed by atoms with van der Waals surface area (Å²) in [6.07, 6.45) is 0. The van der Waals surface area contributed by atoms with Crippen molar-refractivity contribution >= 4 is 20.0 Å². The van der Waals surface area contributed by atoms with Crippen molar-refractivity contribution in [2.24, 2.45) is 0 Å². The van der Waals surface area contributed by atoms with E-state index >= 15 is 0 Å². The van der Waals surface area contributed by atoms with Gasteiger partial charge in [0.15, 0.2) is 14.8 Å². The minimum absolute atomic E-state index is 1.33. The Morgan fingerprint density at radius 2 is 2.17 bits per heavy atom. The van der Waals surface area contributed by atoms with Crippen LogP contribution in [0.5, 0.6) is 0 Å². The Morgan fingerprint density at radius 1 is 2.00 bits per heavy atom. The molecule has 0 bridgehead atoms. The van der Waals surface area contributed by atoms with E-state index in [0.29, 0.717) is 0 Å². The van der Waals surface area contributed by atoms with Crippen molar-refractivity contribution in [3.63, 3.8) is 0 Å². The van der Waals surface area contributed by atoms with E-state index < -0.39 is 14.8 Å². The maximum atomic E-state index is 10.9. The van der Waals surface area contributed by atoms with Gasteiger partial charge in [0, 0.05) is 11.2 Å². The highest BCUT2D eigenvalue weighted by Crippen LogP contribution is 1.79. The van der Waals surface area contributed by atoms with Gasteiger partial charge in [-0.1, -0.05) is 0 Å². The molecule has 0 saturated heterocycles. The van der Waals surface area contributed by atoms with Crippen LogP contribution in [0.4, 0.5) is 4.39 Å².